The maximum absolute atomic E-state index is 13.5. The van der Waals surface area contributed by atoms with Gasteiger partial charge >= 0.3 is 0 Å². The number of hydrogen-bond acceptors (Lipinski definition) is 3. The monoisotopic (exact) mass is 386 g/mol. The molecule has 0 radical (unpaired) electrons. The van der Waals surface area contributed by atoms with E-state index < -0.39 is 0 Å². The summed E-state index contributed by atoms with van der Waals surface area (Å²) in [5.74, 6) is 0.945. The van der Waals surface area contributed by atoms with Crippen LogP contribution in [0.5, 0.6) is 0 Å². The lowest BCUT2D eigenvalue weighted by Crippen LogP contribution is -2.58. The molecule has 1 aliphatic carbocycles. The maximum atomic E-state index is 13.5. The fourth-order valence-corrected chi connectivity index (χ4v) is 5.55. The zero-order valence-corrected chi connectivity index (χ0v) is 17.2. The summed E-state index contributed by atoms with van der Waals surface area (Å²) >= 11 is 1.60. The average molecular weight is 387 g/mol. The van der Waals surface area contributed by atoms with Crippen LogP contribution in [0.25, 0.3) is 0 Å². The highest BCUT2D eigenvalue weighted by Crippen LogP contribution is 2.38. The molecule has 27 heavy (non-hydrogen) atoms. The second-order valence-electron chi connectivity index (χ2n) is 8.29. The van der Waals surface area contributed by atoms with Gasteiger partial charge in [0.15, 0.2) is 0 Å². The topological polar surface area (TPSA) is 40.6 Å². The Hall–Kier alpha value is -1.49. The third-order valence-electron chi connectivity index (χ3n) is 6.72. The molecule has 0 N–H and O–H groups in total. The largest absolute Gasteiger partial charge is 0.338 e. The Labute approximate surface area is 166 Å². The molecule has 4 rings (SSSR count). The maximum Gasteiger partial charge on any atom is 0.254 e. The SMILES string of the molecule is CSC(C)C(=O)N1CC2CCC(C1)N2C(=O)c1ccccc1C1CCCC1. The van der Waals surface area contributed by atoms with Crippen molar-refractivity contribution in [3.8, 4) is 0 Å². The summed E-state index contributed by atoms with van der Waals surface area (Å²) in [5, 5.41) is -0.00487. The molecule has 2 saturated heterocycles. The molecule has 2 amide bonds. The zero-order valence-electron chi connectivity index (χ0n) is 16.4. The third kappa shape index (κ3) is 3.51. The predicted molar refractivity (Wildman–Crippen MR) is 110 cm³/mol. The normalized spacial score (nSPS) is 26.4. The van der Waals surface area contributed by atoms with E-state index in [1.54, 1.807) is 11.8 Å². The molecule has 3 atom stereocenters. The lowest BCUT2D eigenvalue weighted by Gasteiger charge is -2.42. The van der Waals surface area contributed by atoms with Crippen molar-refractivity contribution in [1.29, 1.82) is 0 Å². The predicted octanol–water partition coefficient (Wildman–Crippen LogP) is 3.91. The number of likely N-dealkylation sites (tertiary alicyclic amines) is 1. The number of piperazine rings is 1. The van der Waals surface area contributed by atoms with Crippen molar-refractivity contribution in [2.45, 2.75) is 68.7 Å². The first-order chi connectivity index (χ1) is 13.1. The van der Waals surface area contributed by atoms with Crippen LogP contribution in [0.4, 0.5) is 0 Å². The minimum absolute atomic E-state index is 0.00487. The molecule has 1 aromatic rings. The highest BCUT2D eigenvalue weighted by Gasteiger charge is 2.45. The van der Waals surface area contributed by atoms with E-state index in [0.29, 0.717) is 19.0 Å². The van der Waals surface area contributed by atoms with E-state index in [9.17, 15) is 9.59 Å². The summed E-state index contributed by atoms with van der Waals surface area (Å²) in [5.41, 5.74) is 2.15. The van der Waals surface area contributed by atoms with Gasteiger partial charge in [-0.15, -0.1) is 0 Å². The van der Waals surface area contributed by atoms with E-state index in [4.69, 9.17) is 0 Å². The Morgan fingerprint density at radius 1 is 1.04 bits per heavy atom. The van der Waals surface area contributed by atoms with Gasteiger partial charge in [0, 0.05) is 18.7 Å². The van der Waals surface area contributed by atoms with Gasteiger partial charge in [0.1, 0.15) is 0 Å². The summed E-state index contributed by atoms with van der Waals surface area (Å²) in [6, 6.07) is 8.58. The Morgan fingerprint density at radius 2 is 1.67 bits per heavy atom. The van der Waals surface area contributed by atoms with Crippen molar-refractivity contribution in [1.82, 2.24) is 9.80 Å². The molecule has 1 saturated carbocycles. The number of hydrogen-bond donors (Lipinski definition) is 0. The highest BCUT2D eigenvalue weighted by atomic mass is 32.2. The fraction of sp³-hybridized carbons (Fsp3) is 0.636. The Morgan fingerprint density at radius 3 is 2.30 bits per heavy atom. The first-order valence-electron chi connectivity index (χ1n) is 10.3. The van der Waals surface area contributed by atoms with Crippen molar-refractivity contribution >= 4 is 23.6 Å². The number of amides is 2. The minimum Gasteiger partial charge on any atom is -0.338 e. The Balaban J connectivity index is 1.54. The van der Waals surface area contributed by atoms with Crippen molar-refractivity contribution in [3.63, 3.8) is 0 Å². The Kier molecular flexibility index (Phi) is 5.49. The molecule has 4 nitrogen and oxygen atoms in total. The number of rotatable bonds is 4. The fourth-order valence-electron chi connectivity index (χ4n) is 5.20. The zero-order chi connectivity index (χ0) is 19.0. The van der Waals surface area contributed by atoms with Gasteiger partial charge in [0.25, 0.3) is 5.91 Å². The van der Waals surface area contributed by atoms with Gasteiger partial charge in [-0.3, -0.25) is 9.59 Å². The van der Waals surface area contributed by atoms with E-state index >= 15 is 0 Å². The molecule has 2 bridgehead atoms. The first-order valence-corrected chi connectivity index (χ1v) is 11.6. The third-order valence-corrected chi connectivity index (χ3v) is 7.62. The van der Waals surface area contributed by atoms with Crippen molar-refractivity contribution < 1.29 is 9.59 Å². The van der Waals surface area contributed by atoms with Crippen LogP contribution in [0.1, 0.15) is 67.3 Å². The van der Waals surface area contributed by atoms with Gasteiger partial charge in [-0.05, 0) is 56.4 Å². The number of thioether (sulfide) groups is 1. The summed E-state index contributed by atoms with van der Waals surface area (Å²) < 4.78 is 0. The second-order valence-corrected chi connectivity index (χ2v) is 9.47. The van der Waals surface area contributed by atoms with Gasteiger partial charge in [0.2, 0.25) is 5.91 Å². The van der Waals surface area contributed by atoms with Gasteiger partial charge in [-0.1, -0.05) is 31.0 Å². The van der Waals surface area contributed by atoms with Crippen molar-refractivity contribution in [2.24, 2.45) is 0 Å². The molecule has 5 heteroatoms. The van der Waals surface area contributed by atoms with E-state index in [1.807, 2.05) is 30.2 Å². The van der Waals surface area contributed by atoms with Crippen LogP contribution >= 0.6 is 11.8 Å². The minimum atomic E-state index is -0.00487. The van der Waals surface area contributed by atoms with Gasteiger partial charge in [-0.2, -0.15) is 11.8 Å². The number of nitrogens with zero attached hydrogens (tertiary/aromatic N) is 2. The molecule has 146 valence electrons. The smallest absolute Gasteiger partial charge is 0.254 e. The molecule has 2 aliphatic heterocycles. The molecule has 1 aromatic carbocycles. The first kappa shape index (κ1) is 18.9. The summed E-state index contributed by atoms with van der Waals surface area (Å²) in [6.07, 6.45) is 8.95. The highest BCUT2D eigenvalue weighted by molar-refractivity contribution is 7.99. The van der Waals surface area contributed by atoms with Crippen LogP contribution in [0, 0.1) is 0 Å². The number of carbonyl (C=O) groups excluding carboxylic acids is 2. The van der Waals surface area contributed by atoms with Crippen LogP contribution in [-0.4, -0.2) is 58.3 Å². The number of fused-ring (bicyclic) bond motifs is 2. The van der Waals surface area contributed by atoms with Gasteiger partial charge < -0.3 is 9.80 Å². The summed E-state index contributed by atoms with van der Waals surface area (Å²) in [7, 11) is 0. The lowest BCUT2D eigenvalue weighted by atomic mass is 9.92. The molecule has 3 fully saturated rings. The Bertz CT molecular complexity index is 702. The summed E-state index contributed by atoms with van der Waals surface area (Å²) in [4.78, 5) is 30.3. The lowest BCUT2D eigenvalue weighted by molar-refractivity contribution is -0.133. The van der Waals surface area contributed by atoms with Gasteiger partial charge in [0.05, 0.1) is 17.3 Å². The molecule has 0 aromatic heterocycles. The number of benzene rings is 1. The van der Waals surface area contributed by atoms with Crippen LogP contribution in [0.3, 0.4) is 0 Å². The van der Waals surface area contributed by atoms with Crippen LogP contribution in [-0.2, 0) is 4.79 Å². The van der Waals surface area contributed by atoms with Crippen molar-refractivity contribution in [2.75, 3.05) is 19.3 Å². The second kappa shape index (κ2) is 7.86. The molecular formula is C22H30N2O2S. The van der Waals surface area contributed by atoms with E-state index in [-0.39, 0.29) is 29.1 Å². The van der Waals surface area contributed by atoms with E-state index in [0.717, 1.165) is 18.4 Å². The van der Waals surface area contributed by atoms with Crippen LogP contribution in [0.2, 0.25) is 0 Å². The molecule has 3 unspecified atom stereocenters. The molecular weight excluding hydrogens is 356 g/mol. The van der Waals surface area contributed by atoms with Gasteiger partial charge in [-0.25, -0.2) is 0 Å². The summed E-state index contributed by atoms with van der Waals surface area (Å²) in [6.45, 7) is 3.36. The quantitative estimate of drug-likeness (QED) is 0.788. The standard InChI is InChI=1S/C22H30N2O2S/c1-15(27-2)21(25)23-13-17-11-12-18(14-23)24(17)22(26)20-10-6-5-9-19(20)16-7-3-4-8-16/h5-6,9-10,15-18H,3-4,7-8,11-14H2,1-2H3. The van der Waals surface area contributed by atoms with Crippen molar-refractivity contribution in [3.05, 3.63) is 35.4 Å². The number of carbonyl (C=O) groups is 2. The van der Waals surface area contributed by atoms with E-state index in [2.05, 4.69) is 17.0 Å². The van der Waals surface area contributed by atoms with Crippen LogP contribution in [0.15, 0.2) is 24.3 Å². The molecule has 3 aliphatic rings. The average Bonchev–Trinajstić information content (AvgIpc) is 3.32. The van der Waals surface area contributed by atoms with E-state index in [1.165, 1.54) is 31.2 Å². The molecule has 2 heterocycles. The van der Waals surface area contributed by atoms with Crippen LogP contribution < -0.4 is 0 Å². The molecule has 0 spiro atoms.